The van der Waals surface area contributed by atoms with Crippen molar-refractivity contribution < 1.29 is 9.59 Å². The topological polar surface area (TPSA) is 71.1 Å². The Bertz CT molecular complexity index is 762. The lowest BCUT2D eigenvalue weighted by atomic mass is 9.86. The van der Waals surface area contributed by atoms with E-state index in [1.165, 1.54) is 0 Å². The van der Waals surface area contributed by atoms with Crippen molar-refractivity contribution in [3.05, 3.63) is 65.5 Å². The summed E-state index contributed by atoms with van der Waals surface area (Å²) in [7, 11) is 0. The van der Waals surface area contributed by atoms with Crippen LogP contribution in [0.4, 0.5) is 0 Å². The molecule has 144 valence electrons. The van der Waals surface area contributed by atoms with E-state index >= 15 is 0 Å². The van der Waals surface area contributed by atoms with Crippen molar-refractivity contribution in [3.8, 4) is 0 Å². The molecule has 0 aliphatic rings. The molecule has 2 rings (SSSR count). The van der Waals surface area contributed by atoms with Crippen molar-refractivity contribution in [3.63, 3.8) is 0 Å². The van der Waals surface area contributed by atoms with Crippen LogP contribution in [0.1, 0.15) is 56.1 Å². The Morgan fingerprint density at radius 3 is 2.26 bits per heavy atom. The Morgan fingerprint density at radius 1 is 1.07 bits per heavy atom. The highest BCUT2D eigenvalue weighted by Crippen LogP contribution is 2.22. The third kappa shape index (κ3) is 5.91. The Hall–Kier alpha value is -2.69. The molecule has 0 radical (unpaired) electrons. The van der Waals surface area contributed by atoms with Gasteiger partial charge in [-0.2, -0.15) is 0 Å². The van der Waals surface area contributed by atoms with Gasteiger partial charge in [-0.05, 0) is 40.7 Å². The van der Waals surface area contributed by atoms with Gasteiger partial charge in [-0.1, -0.05) is 52.8 Å². The van der Waals surface area contributed by atoms with E-state index in [0.29, 0.717) is 12.1 Å². The molecule has 0 fully saturated rings. The van der Waals surface area contributed by atoms with Crippen molar-refractivity contribution in [1.82, 2.24) is 15.6 Å². The molecule has 1 aromatic heterocycles. The molecule has 0 aliphatic heterocycles. The molecule has 2 amide bonds. The largest absolute Gasteiger partial charge is 0.350 e. The number of pyridine rings is 1. The summed E-state index contributed by atoms with van der Waals surface area (Å²) in [5.41, 5.74) is 2.65. The summed E-state index contributed by atoms with van der Waals surface area (Å²) in [5.74, 6) is -0.476. The Morgan fingerprint density at radius 2 is 1.74 bits per heavy atom. The van der Waals surface area contributed by atoms with Crippen LogP contribution in [0.3, 0.4) is 0 Å². The molecular weight excluding hydrogens is 338 g/mol. The summed E-state index contributed by atoms with van der Waals surface area (Å²) >= 11 is 0. The molecule has 0 bridgehead atoms. The molecule has 2 aromatic rings. The zero-order valence-corrected chi connectivity index (χ0v) is 16.7. The van der Waals surface area contributed by atoms with Crippen LogP contribution in [0, 0.1) is 5.92 Å². The van der Waals surface area contributed by atoms with Crippen molar-refractivity contribution in [1.29, 1.82) is 0 Å². The molecule has 0 aliphatic carbocycles. The first-order valence-corrected chi connectivity index (χ1v) is 9.26. The van der Waals surface area contributed by atoms with Crippen molar-refractivity contribution in [2.24, 2.45) is 5.92 Å². The molecule has 1 heterocycles. The van der Waals surface area contributed by atoms with Gasteiger partial charge in [0.15, 0.2) is 0 Å². The highest BCUT2D eigenvalue weighted by atomic mass is 16.2. The summed E-state index contributed by atoms with van der Waals surface area (Å²) in [6, 6.07) is 10.7. The molecule has 0 saturated carbocycles. The lowest BCUT2D eigenvalue weighted by Gasteiger charge is -2.22. The molecular formula is C22H29N3O2. The number of hydrogen-bond donors (Lipinski definition) is 2. The van der Waals surface area contributed by atoms with E-state index < -0.39 is 6.04 Å². The molecule has 5 heteroatoms. The Kier molecular flexibility index (Phi) is 6.72. The average Bonchev–Trinajstić information content (AvgIpc) is 2.64. The van der Waals surface area contributed by atoms with Gasteiger partial charge in [0, 0.05) is 24.5 Å². The van der Waals surface area contributed by atoms with Crippen molar-refractivity contribution in [2.45, 2.75) is 52.6 Å². The van der Waals surface area contributed by atoms with E-state index in [4.69, 9.17) is 0 Å². The Balaban J connectivity index is 2.02. The molecule has 0 saturated heterocycles. The van der Waals surface area contributed by atoms with Gasteiger partial charge in [-0.25, -0.2) is 0 Å². The highest BCUT2D eigenvalue weighted by Gasteiger charge is 2.24. The predicted molar refractivity (Wildman–Crippen MR) is 107 cm³/mol. The average molecular weight is 367 g/mol. The van der Waals surface area contributed by atoms with Gasteiger partial charge in [-0.15, -0.1) is 0 Å². The van der Waals surface area contributed by atoms with Gasteiger partial charge in [0.1, 0.15) is 6.04 Å². The van der Waals surface area contributed by atoms with E-state index in [0.717, 1.165) is 11.1 Å². The number of hydrogen-bond acceptors (Lipinski definition) is 3. The van der Waals surface area contributed by atoms with Crippen LogP contribution >= 0.6 is 0 Å². The van der Waals surface area contributed by atoms with Crippen LogP contribution in [0.25, 0.3) is 0 Å². The summed E-state index contributed by atoms with van der Waals surface area (Å²) < 4.78 is 0. The summed E-state index contributed by atoms with van der Waals surface area (Å²) in [5, 5.41) is 5.73. The number of amides is 2. The first kappa shape index (κ1) is 20.6. The lowest BCUT2D eigenvalue weighted by Crippen LogP contribution is -2.49. The standard InChI is InChI=1S/C22H29N3O2/c1-15(2)19(21(27)24-14-16-7-6-12-23-13-16)25-20(26)17-8-10-18(11-9-17)22(3,4)5/h6-13,15,19H,14H2,1-5H3,(H,24,27)(H,25,26)/t19-/m0/s1. The van der Waals surface area contributed by atoms with Crippen LogP contribution in [0.15, 0.2) is 48.8 Å². The second-order valence-corrected chi connectivity index (χ2v) is 8.10. The van der Waals surface area contributed by atoms with Crippen LogP contribution < -0.4 is 10.6 Å². The van der Waals surface area contributed by atoms with Crippen LogP contribution in [-0.4, -0.2) is 22.8 Å². The lowest BCUT2D eigenvalue weighted by molar-refractivity contribution is -0.124. The smallest absolute Gasteiger partial charge is 0.251 e. The minimum atomic E-state index is -0.600. The first-order valence-electron chi connectivity index (χ1n) is 9.26. The van der Waals surface area contributed by atoms with Crippen molar-refractivity contribution in [2.75, 3.05) is 0 Å². The van der Waals surface area contributed by atoms with Crippen LogP contribution in [0.2, 0.25) is 0 Å². The number of carbonyl (C=O) groups is 2. The Labute approximate surface area is 161 Å². The van der Waals surface area contributed by atoms with E-state index in [-0.39, 0.29) is 23.1 Å². The fourth-order valence-corrected chi connectivity index (χ4v) is 2.68. The second-order valence-electron chi connectivity index (χ2n) is 8.10. The SMILES string of the molecule is CC(C)[C@H](NC(=O)c1ccc(C(C)(C)C)cc1)C(=O)NCc1cccnc1. The maximum atomic E-state index is 12.6. The van der Waals surface area contributed by atoms with E-state index in [2.05, 4.69) is 36.4 Å². The minimum Gasteiger partial charge on any atom is -0.350 e. The van der Waals surface area contributed by atoms with Gasteiger partial charge in [-0.3, -0.25) is 14.6 Å². The molecule has 0 spiro atoms. The molecule has 27 heavy (non-hydrogen) atoms. The van der Waals surface area contributed by atoms with Crippen LogP contribution in [0.5, 0.6) is 0 Å². The monoisotopic (exact) mass is 367 g/mol. The first-order chi connectivity index (χ1) is 12.7. The molecule has 2 N–H and O–H groups in total. The number of nitrogens with zero attached hydrogens (tertiary/aromatic N) is 1. The third-order valence-electron chi connectivity index (χ3n) is 4.44. The summed E-state index contributed by atoms with van der Waals surface area (Å²) in [6.45, 7) is 10.6. The van der Waals surface area contributed by atoms with Gasteiger partial charge < -0.3 is 10.6 Å². The molecule has 5 nitrogen and oxygen atoms in total. The van der Waals surface area contributed by atoms with Gasteiger partial charge >= 0.3 is 0 Å². The van der Waals surface area contributed by atoms with Gasteiger partial charge in [0.25, 0.3) is 5.91 Å². The highest BCUT2D eigenvalue weighted by molar-refractivity contribution is 5.97. The predicted octanol–water partition coefficient (Wildman–Crippen LogP) is 3.45. The number of aromatic nitrogens is 1. The molecule has 1 atom stereocenters. The van der Waals surface area contributed by atoms with Crippen LogP contribution in [-0.2, 0) is 16.8 Å². The minimum absolute atomic E-state index is 0.0294. The fourth-order valence-electron chi connectivity index (χ4n) is 2.68. The van der Waals surface area contributed by atoms with E-state index in [1.807, 2.05) is 38.1 Å². The number of benzene rings is 1. The number of rotatable bonds is 6. The maximum absolute atomic E-state index is 12.6. The number of nitrogens with one attached hydrogen (secondary N) is 2. The third-order valence-corrected chi connectivity index (χ3v) is 4.44. The van der Waals surface area contributed by atoms with E-state index in [1.54, 1.807) is 24.5 Å². The van der Waals surface area contributed by atoms with Gasteiger partial charge in [0.2, 0.25) is 5.91 Å². The molecule has 0 unspecified atom stereocenters. The second kappa shape index (κ2) is 8.80. The maximum Gasteiger partial charge on any atom is 0.251 e. The zero-order valence-electron chi connectivity index (χ0n) is 16.7. The normalized spacial score (nSPS) is 12.5. The van der Waals surface area contributed by atoms with Gasteiger partial charge in [0.05, 0.1) is 0 Å². The molecule has 1 aromatic carbocycles. The number of carbonyl (C=O) groups excluding carboxylic acids is 2. The van der Waals surface area contributed by atoms with Crippen molar-refractivity contribution >= 4 is 11.8 Å². The zero-order chi connectivity index (χ0) is 20.0. The van der Waals surface area contributed by atoms with E-state index in [9.17, 15) is 9.59 Å². The summed E-state index contributed by atoms with van der Waals surface area (Å²) in [4.78, 5) is 29.2. The quantitative estimate of drug-likeness (QED) is 0.821. The summed E-state index contributed by atoms with van der Waals surface area (Å²) in [6.07, 6.45) is 3.40. The fraction of sp³-hybridized carbons (Fsp3) is 0.409.